The predicted molar refractivity (Wildman–Crippen MR) is 144 cm³/mol. The summed E-state index contributed by atoms with van der Waals surface area (Å²) in [6, 6.07) is 13.0. The number of halogens is 1. The Labute approximate surface area is 225 Å². The zero-order valence-electron chi connectivity index (χ0n) is 19.8. The Hall–Kier alpha value is -3.25. The number of aryl methyl sites for hydroxylation is 1. The predicted octanol–water partition coefficient (Wildman–Crippen LogP) is 5.26. The number of carbonyl (C=O) groups is 3. The number of aliphatic hydroxyl groups excluding tert-OH is 1. The number of ether oxygens (including phenoxy) is 2. The van der Waals surface area contributed by atoms with Gasteiger partial charge in [-0.3, -0.25) is 14.5 Å². The van der Waals surface area contributed by atoms with E-state index in [0.29, 0.717) is 29.2 Å². The summed E-state index contributed by atoms with van der Waals surface area (Å²) in [5, 5.41) is 11.5. The molecule has 1 saturated heterocycles. The highest BCUT2D eigenvalue weighted by Crippen LogP contribution is 2.44. The lowest BCUT2D eigenvalue weighted by Crippen LogP contribution is -2.29. The van der Waals surface area contributed by atoms with Crippen LogP contribution < -0.4 is 9.64 Å². The normalized spacial score (nSPS) is 16.9. The first-order valence-corrected chi connectivity index (χ1v) is 13.1. The third-order valence-corrected chi connectivity index (χ3v) is 7.36. The van der Waals surface area contributed by atoms with Gasteiger partial charge in [-0.25, -0.2) is 9.78 Å². The van der Waals surface area contributed by atoms with Gasteiger partial charge >= 0.3 is 11.9 Å². The van der Waals surface area contributed by atoms with Crippen LogP contribution in [0.2, 0.25) is 0 Å². The first-order valence-electron chi connectivity index (χ1n) is 11.2. The Kier molecular flexibility index (Phi) is 7.74. The van der Waals surface area contributed by atoms with E-state index in [0.717, 1.165) is 14.9 Å². The summed E-state index contributed by atoms with van der Waals surface area (Å²) < 4.78 is 11.6. The van der Waals surface area contributed by atoms with Crippen molar-refractivity contribution in [3.8, 4) is 5.75 Å². The summed E-state index contributed by atoms with van der Waals surface area (Å²) in [7, 11) is 0. The molecule has 0 saturated carbocycles. The van der Waals surface area contributed by atoms with Gasteiger partial charge in [-0.05, 0) is 73.2 Å². The molecule has 3 aromatic rings. The topological polar surface area (TPSA) is 106 Å². The molecule has 1 N–H and O–H groups in total. The maximum absolute atomic E-state index is 13.3. The van der Waals surface area contributed by atoms with Gasteiger partial charge in [-0.2, -0.15) is 0 Å². The molecule has 0 bridgehead atoms. The van der Waals surface area contributed by atoms with Crippen LogP contribution in [-0.2, 0) is 14.3 Å². The quantitative estimate of drug-likeness (QED) is 0.127. The Balaban J connectivity index is 1.89. The van der Waals surface area contributed by atoms with Gasteiger partial charge in [-0.15, -0.1) is 0 Å². The average Bonchev–Trinajstić information content (AvgIpc) is 3.36. The van der Waals surface area contributed by atoms with Crippen LogP contribution in [0.25, 0.3) is 5.76 Å². The second-order valence-electron chi connectivity index (χ2n) is 7.81. The molecule has 1 amide bonds. The van der Waals surface area contributed by atoms with Gasteiger partial charge in [0.15, 0.2) is 5.13 Å². The molecule has 1 aromatic heterocycles. The number of carbonyl (C=O) groups excluding carboxylic acids is 3. The second kappa shape index (κ2) is 10.8. The Morgan fingerprint density at radius 2 is 1.86 bits per heavy atom. The summed E-state index contributed by atoms with van der Waals surface area (Å²) in [6.07, 6.45) is 0. The molecule has 1 aliphatic rings. The van der Waals surface area contributed by atoms with Crippen molar-refractivity contribution >= 4 is 62.5 Å². The highest BCUT2D eigenvalue weighted by atomic mass is 127. The van der Waals surface area contributed by atoms with Gasteiger partial charge < -0.3 is 14.6 Å². The van der Waals surface area contributed by atoms with Crippen molar-refractivity contribution in [2.24, 2.45) is 0 Å². The highest BCUT2D eigenvalue weighted by Gasteiger charge is 2.48. The van der Waals surface area contributed by atoms with Crippen molar-refractivity contribution in [1.82, 2.24) is 4.98 Å². The fraction of sp³-hybridized carbons (Fsp3) is 0.231. The van der Waals surface area contributed by atoms with Crippen LogP contribution in [0.5, 0.6) is 5.75 Å². The number of thiazole rings is 1. The smallest absolute Gasteiger partial charge is 0.350 e. The first-order chi connectivity index (χ1) is 17.3. The SMILES string of the molecule is CCOC(=O)c1sc(N2C(=O)C(=O)/C(=C(/O)c3cccc(OCC)c3)C2c2ccc(I)cc2)nc1C. The molecule has 1 aliphatic heterocycles. The van der Waals surface area contributed by atoms with Crippen LogP contribution in [-0.4, -0.2) is 41.0 Å². The number of hydrogen-bond donors (Lipinski definition) is 1. The highest BCUT2D eigenvalue weighted by molar-refractivity contribution is 14.1. The maximum Gasteiger partial charge on any atom is 0.350 e. The van der Waals surface area contributed by atoms with Crippen LogP contribution in [0, 0.1) is 10.5 Å². The number of esters is 1. The number of ketones is 1. The molecule has 2 aromatic carbocycles. The largest absolute Gasteiger partial charge is 0.507 e. The lowest BCUT2D eigenvalue weighted by atomic mass is 9.95. The zero-order valence-corrected chi connectivity index (χ0v) is 22.8. The van der Waals surface area contributed by atoms with E-state index in [1.54, 1.807) is 50.2 Å². The van der Waals surface area contributed by atoms with Crippen molar-refractivity contribution in [3.05, 3.63) is 79.4 Å². The Morgan fingerprint density at radius 3 is 2.53 bits per heavy atom. The summed E-state index contributed by atoms with van der Waals surface area (Å²) in [5.41, 5.74) is 1.28. The van der Waals surface area contributed by atoms with Gasteiger partial charge in [0, 0.05) is 9.13 Å². The second-order valence-corrected chi connectivity index (χ2v) is 10.0. The van der Waals surface area contributed by atoms with Gasteiger partial charge in [0.25, 0.3) is 5.78 Å². The molecule has 1 atom stereocenters. The summed E-state index contributed by atoms with van der Waals surface area (Å²) in [6.45, 7) is 5.81. The van der Waals surface area contributed by atoms with Gasteiger partial charge in [0.1, 0.15) is 16.4 Å². The fourth-order valence-electron chi connectivity index (χ4n) is 3.92. The van der Waals surface area contributed by atoms with E-state index in [2.05, 4.69) is 27.6 Å². The van der Waals surface area contributed by atoms with E-state index < -0.39 is 23.7 Å². The van der Waals surface area contributed by atoms with Crippen LogP contribution in [0.4, 0.5) is 5.13 Å². The molecule has 0 spiro atoms. The van der Waals surface area contributed by atoms with Crippen molar-refractivity contribution in [2.45, 2.75) is 26.8 Å². The van der Waals surface area contributed by atoms with Crippen LogP contribution in [0.3, 0.4) is 0 Å². The van der Waals surface area contributed by atoms with E-state index in [9.17, 15) is 19.5 Å². The number of nitrogens with zero attached hydrogens (tertiary/aromatic N) is 2. The molecular weight excluding hydrogens is 595 g/mol. The lowest BCUT2D eigenvalue weighted by Gasteiger charge is -2.23. The summed E-state index contributed by atoms with van der Waals surface area (Å²) >= 11 is 3.13. The van der Waals surface area contributed by atoms with E-state index in [1.165, 1.54) is 4.90 Å². The van der Waals surface area contributed by atoms with Crippen molar-refractivity contribution in [3.63, 3.8) is 0 Å². The third-order valence-electron chi connectivity index (χ3n) is 5.50. The molecule has 0 radical (unpaired) electrons. The van der Waals surface area contributed by atoms with Crippen molar-refractivity contribution in [1.29, 1.82) is 0 Å². The molecule has 1 fully saturated rings. The van der Waals surface area contributed by atoms with Crippen LogP contribution in [0.15, 0.2) is 54.1 Å². The van der Waals surface area contributed by atoms with E-state index >= 15 is 0 Å². The molecule has 36 heavy (non-hydrogen) atoms. The molecule has 1 unspecified atom stereocenters. The Bertz CT molecular complexity index is 1370. The number of rotatable bonds is 7. The number of aromatic nitrogens is 1. The molecule has 0 aliphatic carbocycles. The standard InChI is InChI=1S/C26H23IN2O6S/c1-4-34-18-8-6-7-16(13-18)21(30)19-20(15-9-11-17(27)12-10-15)29(24(32)22(19)31)26-28-14(3)23(36-26)25(33)35-5-2/h6-13,20,30H,4-5H2,1-3H3/b21-19+. The van der Waals surface area contributed by atoms with E-state index in [-0.39, 0.29) is 27.9 Å². The van der Waals surface area contributed by atoms with Crippen LogP contribution >= 0.6 is 33.9 Å². The minimum atomic E-state index is -0.946. The molecule has 8 nitrogen and oxygen atoms in total. The first kappa shape index (κ1) is 25.8. The van der Waals surface area contributed by atoms with Gasteiger partial charge in [0.05, 0.1) is 30.5 Å². The van der Waals surface area contributed by atoms with Gasteiger partial charge in [-0.1, -0.05) is 35.6 Å². The number of amides is 1. The maximum atomic E-state index is 13.3. The number of aliphatic hydroxyl groups is 1. The van der Waals surface area contributed by atoms with E-state index in [4.69, 9.17) is 9.47 Å². The van der Waals surface area contributed by atoms with Crippen molar-refractivity contribution < 1.29 is 29.0 Å². The van der Waals surface area contributed by atoms with E-state index in [1.807, 2.05) is 19.1 Å². The molecular formula is C26H23IN2O6S. The molecule has 4 rings (SSSR count). The summed E-state index contributed by atoms with van der Waals surface area (Å²) in [4.78, 5) is 45.0. The van der Waals surface area contributed by atoms with Crippen molar-refractivity contribution in [2.75, 3.05) is 18.1 Å². The number of anilines is 1. The molecule has 10 heteroatoms. The third kappa shape index (κ3) is 4.87. The minimum absolute atomic E-state index is 0.0691. The van der Waals surface area contributed by atoms with Gasteiger partial charge in [0.2, 0.25) is 0 Å². The number of hydrogen-bond acceptors (Lipinski definition) is 8. The monoisotopic (exact) mass is 618 g/mol. The zero-order chi connectivity index (χ0) is 26.0. The molecule has 186 valence electrons. The number of Topliss-reactive ketones (excluding diaryl/α,β-unsaturated/α-hetero) is 1. The Morgan fingerprint density at radius 1 is 1.14 bits per heavy atom. The van der Waals surface area contributed by atoms with Crippen LogP contribution in [0.1, 0.15) is 46.4 Å². The number of benzene rings is 2. The molecule has 2 heterocycles. The lowest BCUT2D eigenvalue weighted by molar-refractivity contribution is -0.132. The fourth-order valence-corrected chi connectivity index (χ4v) is 5.26. The summed E-state index contributed by atoms with van der Waals surface area (Å²) in [5.74, 6) is -2.03. The minimum Gasteiger partial charge on any atom is -0.507 e. The average molecular weight is 618 g/mol.